The molecule has 0 saturated heterocycles. The molecule has 3 aromatic carbocycles. The number of rotatable bonds is 8. The van der Waals surface area contributed by atoms with Gasteiger partial charge in [-0.05, 0) is 24.1 Å². The van der Waals surface area contributed by atoms with Crippen molar-refractivity contribution in [3.05, 3.63) is 90.5 Å². The first kappa shape index (κ1) is 20.3. The van der Waals surface area contributed by atoms with Gasteiger partial charge in [-0.1, -0.05) is 91.5 Å². The summed E-state index contributed by atoms with van der Waals surface area (Å²) in [6.07, 6.45) is 1.06. The number of hydrogen-bond donors (Lipinski definition) is 0. The van der Waals surface area contributed by atoms with Gasteiger partial charge in [-0.3, -0.25) is 0 Å². The number of aromatic nitrogens is 2. The molecule has 0 bridgehead atoms. The third kappa shape index (κ3) is 4.44. The molecule has 0 fully saturated rings. The van der Waals surface area contributed by atoms with Gasteiger partial charge in [-0.25, -0.2) is 4.98 Å². The number of methoxy groups -OCH3 is 1. The highest BCUT2D eigenvalue weighted by atomic mass is 32.2. The lowest BCUT2D eigenvalue weighted by Gasteiger charge is -2.12. The van der Waals surface area contributed by atoms with Crippen LogP contribution < -0.4 is 4.74 Å². The lowest BCUT2D eigenvalue weighted by atomic mass is 10.0. The van der Waals surface area contributed by atoms with E-state index in [4.69, 9.17) is 9.72 Å². The average molecular weight is 415 g/mol. The average Bonchev–Trinajstić information content (AvgIpc) is 3.17. The van der Waals surface area contributed by atoms with Crippen molar-refractivity contribution < 1.29 is 4.74 Å². The smallest absolute Gasteiger partial charge is 0.169 e. The normalized spacial score (nSPS) is 10.9. The highest BCUT2D eigenvalue weighted by Gasteiger charge is 2.20. The Morgan fingerprint density at radius 1 is 0.833 bits per heavy atom. The summed E-state index contributed by atoms with van der Waals surface area (Å²) < 4.78 is 7.66. The molecule has 0 aliphatic rings. The summed E-state index contributed by atoms with van der Waals surface area (Å²) in [4.78, 5) is 5.13. The van der Waals surface area contributed by atoms with Gasteiger partial charge in [-0.2, -0.15) is 0 Å². The molecule has 0 spiro atoms. The third-order valence-electron chi connectivity index (χ3n) is 5.00. The summed E-state index contributed by atoms with van der Waals surface area (Å²) >= 11 is 1.79. The number of nitrogens with zero attached hydrogens (tertiary/aromatic N) is 2. The Labute approximate surface area is 182 Å². The fourth-order valence-corrected chi connectivity index (χ4v) is 4.51. The molecule has 0 amide bonds. The van der Waals surface area contributed by atoms with Gasteiger partial charge >= 0.3 is 0 Å². The maximum atomic E-state index is 5.28. The Hall–Kier alpha value is -2.98. The van der Waals surface area contributed by atoms with Gasteiger partial charge in [0.05, 0.1) is 18.5 Å². The summed E-state index contributed by atoms with van der Waals surface area (Å²) in [5.41, 5.74) is 5.86. The van der Waals surface area contributed by atoms with Gasteiger partial charge in [0, 0.05) is 23.4 Å². The van der Waals surface area contributed by atoms with Crippen molar-refractivity contribution in [3.8, 4) is 28.3 Å². The summed E-state index contributed by atoms with van der Waals surface area (Å²) in [7, 11) is 1.70. The Kier molecular flexibility index (Phi) is 6.55. The van der Waals surface area contributed by atoms with E-state index in [1.807, 2.05) is 18.2 Å². The van der Waals surface area contributed by atoms with Crippen LogP contribution >= 0.6 is 11.8 Å². The molecule has 0 saturated carbocycles. The minimum Gasteiger partial charge on any atom is -0.497 e. The minimum absolute atomic E-state index is 0.868. The number of imidazole rings is 1. The Morgan fingerprint density at radius 2 is 1.47 bits per heavy atom. The standard InChI is InChI=1S/C26H26N2OS/c1-3-18-28-25(22-12-8-5-9-13-22)24(21-10-6-4-7-11-21)27-26(28)30-19-20-14-16-23(29-2)17-15-20/h4-17H,3,18-19H2,1-2H3. The third-order valence-corrected chi connectivity index (χ3v) is 6.05. The van der Waals surface area contributed by atoms with E-state index in [1.54, 1.807) is 18.9 Å². The van der Waals surface area contributed by atoms with Crippen LogP contribution in [0.3, 0.4) is 0 Å². The zero-order chi connectivity index (χ0) is 20.8. The van der Waals surface area contributed by atoms with E-state index in [9.17, 15) is 0 Å². The summed E-state index contributed by atoms with van der Waals surface area (Å²) in [5.74, 6) is 1.75. The van der Waals surface area contributed by atoms with Crippen LogP contribution in [0.4, 0.5) is 0 Å². The van der Waals surface area contributed by atoms with Crippen LogP contribution in [0.2, 0.25) is 0 Å². The Morgan fingerprint density at radius 3 is 2.07 bits per heavy atom. The maximum Gasteiger partial charge on any atom is 0.169 e. The van der Waals surface area contributed by atoms with E-state index in [0.717, 1.165) is 40.9 Å². The summed E-state index contributed by atoms with van der Waals surface area (Å²) in [6, 6.07) is 29.4. The van der Waals surface area contributed by atoms with Crippen LogP contribution in [0.25, 0.3) is 22.5 Å². The largest absolute Gasteiger partial charge is 0.497 e. The fraction of sp³-hybridized carbons (Fsp3) is 0.192. The van der Waals surface area contributed by atoms with Crippen LogP contribution in [-0.4, -0.2) is 16.7 Å². The lowest BCUT2D eigenvalue weighted by molar-refractivity contribution is 0.414. The molecule has 0 unspecified atom stereocenters. The molecule has 30 heavy (non-hydrogen) atoms. The van der Waals surface area contributed by atoms with E-state index >= 15 is 0 Å². The van der Waals surface area contributed by atoms with Crippen LogP contribution in [0.5, 0.6) is 5.75 Å². The molecule has 0 aliphatic carbocycles. The van der Waals surface area contributed by atoms with Crippen molar-refractivity contribution in [1.82, 2.24) is 9.55 Å². The van der Waals surface area contributed by atoms with E-state index in [1.165, 1.54) is 16.8 Å². The van der Waals surface area contributed by atoms with E-state index in [2.05, 4.69) is 78.2 Å². The minimum atomic E-state index is 0.868. The molecule has 3 nitrogen and oxygen atoms in total. The molecule has 4 heteroatoms. The maximum absolute atomic E-state index is 5.28. The van der Waals surface area contributed by atoms with Gasteiger partial charge in [0.1, 0.15) is 5.75 Å². The molecule has 1 heterocycles. The first-order valence-corrected chi connectivity index (χ1v) is 11.3. The highest BCUT2D eigenvalue weighted by molar-refractivity contribution is 7.98. The van der Waals surface area contributed by atoms with Gasteiger partial charge in [0.2, 0.25) is 0 Å². The van der Waals surface area contributed by atoms with Gasteiger partial charge < -0.3 is 9.30 Å². The summed E-state index contributed by atoms with van der Waals surface area (Å²) in [5, 5.41) is 1.06. The molecule has 0 aliphatic heterocycles. The van der Waals surface area contributed by atoms with Gasteiger partial charge in [0.15, 0.2) is 5.16 Å². The second kappa shape index (κ2) is 9.68. The molecular formula is C26H26N2OS. The summed E-state index contributed by atoms with van der Waals surface area (Å²) in [6.45, 7) is 3.16. The lowest BCUT2D eigenvalue weighted by Crippen LogP contribution is -2.02. The molecule has 0 N–H and O–H groups in total. The van der Waals surface area contributed by atoms with Crippen LogP contribution in [0.1, 0.15) is 18.9 Å². The number of thioether (sulfide) groups is 1. The van der Waals surface area contributed by atoms with E-state index in [-0.39, 0.29) is 0 Å². The molecular weight excluding hydrogens is 388 g/mol. The van der Waals surface area contributed by atoms with Crippen LogP contribution in [-0.2, 0) is 12.3 Å². The predicted octanol–water partition coefficient (Wildman–Crippen LogP) is 6.93. The molecule has 1 aromatic heterocycles. The molecule has 0 atom stereocenters. The monoisotopic (exact) mass is 414 g/mol. The topological polar surface area (TPSA) is 27.1 Å². The number of ether oxygens (including phenoxy) is 1. The quantitative estimate of drug-likeness (QED) is 0.293. The van der Waals surface area contributed by atoms with Gasteiger partial charge in [0.25, 0.3) is 0 Å². The number of benzene rings is 3. The zero-order valence-corrected chi connectivity index (χ0v) is 18.2. The molecule has 4 rings (SSSR count). The van der Waals surface area contributed by atoms with E-state index < -0.39 is 0 Å². The zero-order valence-electron chi connectivity index (χ0n) is 17.4. The molecule has 4 aromatic rings. The van der Waals surface area contributed by atoms with Crippen molar-refractivity contribution in [3.63, 3.8) is 0 Å². The SMILES string of the molecule is CCCn1c(SCc2ccc(OC)cc2)nc(-c2ccccc2)c1-c1ccccc1. The van der Waals surface area contributed by atoms with Crippen molar-refractivity contribution in [2.45, 2.75) is 30.8 Å². The van der Waals surface area contributed by atoms with Gasteiger partial charge in [-0.15, -0.1) is 0 Å². The highest BCUT2D eigenvalue weighted by Crippen LogP contribution is 2.37. The molecule has 152 valence electrons. The Bertz CT molecular complexity index is 1070. The number of hydrogen-bond acceptors (Lipinski definition) is 3. The van der Waals surface area contributed by atoms with Crippen molar-refractivity contribution in [1.29, 1.82) is 0 Å². The fourth-order valence-electron chi connectivity index (χ4n) is 3.53. The van der Waals surface area contributed by atoms with Crippen molar-refractivity contribution in [2.24, 2.45) is 0 Å². The van der Waals surface area contributed by atoms with Crippen molar-refractivity contribution >= 4 is 11.8 Å². The van der Waals surface area contributed by atoms with Crippen LogP contribution in [0, 0.1) is 0 Å². The second-order valence-electron chi connectivity index (χ2n) is 7.11. The predicted molar refractivity (Wildman–Crippen MR) is 126 cm³/mol. The second-order valence-corrected chi connectivity index (χ2v) is 8.05. The first-order valence-electron chi connectivity index (χ1n) is 10.3. The molecule has 0 radical (unpaired) electrons. The van der Waals surface area contributed by atoms with E-state index in [0.29, 0.717) is 0 Å². The van der Waals surface area contributed by atoms with Crippen molar-refractivity contribution in [2.75, 3.05) is 7.11 Å². The van der Waals surface area contributed by atoms with Crippen LogP contribution in [0.15, 0.2) is 90.1 Å². The first-order chi connectivity index (χ1) is 14.8. The Balaban J connectivity index is 1.75.